The summed E-state index contributed by atoms with van der Waals surface area (Å²) in [7, 11) is 0. The van der Waals surface area contributed by atoms with Gasteiger partial charge < -0.3 is 25.4 Å². The molecule has 0 aliphatic carbocycles. The highest BCUT2D eigenvalue weighted by atomic mass is 32.2. The zero-order chi connectivity index (χ0) is 27.3. The number of nitrogen functional groups attached to an aromatic ring is 1. The molecule has 1 aromatic heterocycles. The normalized spacial score (nSPS) is 19.2. The van der Waals surface area contributed by atoms with Gasteiger partial charge in [-0.25, -0.2) is 9.78 Å². The smallest absolute Gasteiger partial charge is 0.358 e. The summed E-state index contributed by atoms with van der Waals surface area (Å²) in [5, 5.41) is 7.47. The molecule has 1 unspecified atom stereocenters. The Hall–Kier alpha value is -3.83. The Labute approximate surface area is 221 Å². The molecule has 1 saturated heterocycles. The van der Waals surface area contributed by atoms with Crippen LogP contribution >= 0.6 is 23.1 Å². The van der Waals surface area contributed by atoms with Crippen molar-refractivity contribution in [3.8, 4) is 12.3 Å². The number of nitrogens with zero attached hydrogens (tertiary/aromatic N) is 3. The van der Waals surface area contributed by atoms with E-state index in [2.05, 4.69) is 28.0 Å². The predicted molar refractivity (Wildman–Crippen MR) is 137 cm³/mol. The van der Waals surface area contributed by atoms with E-state index >= 15 is 0 Å². The van der Waals surface area contributed by atoms with E-state index in [-0.39, 0.29) is 28.8 Å². The number of terminal acetylenes is 1. The molecular weight excluding hydrogens is 522 g/mol. The van der Waals surface area contributed by atoms with Crippen molar-refractivity contribution in [1.29, 1.82) is 0 Å². The van der Waals surface area contributed by atoms with Crippen molar-refractivity contribution >= 4 is 57.7 Å². The Balaban J connectivity index is 1.72. The van der Waals surface area contributed by atoms with E-state index < -0.39 is 47.4 Å². The maximum atomic E-state index is 13.0. The molecular formula is C23H25N5O7S2. The third-order valence-electron chi connectivity index (χ3n) is 5.00. The second kappa shape index (κ2) is 11.5. The van der Waals surface area contributed by atoms with Gasteiger partial charge in [-0.05, 0) is 26.3 Å². The molecule has 12 nitrogen and oxygen atoms in total. The van der Waals surface area contributed by atoms with Crippen molar-refractivity contribution in [3.05, 3.63) is 35.0 Å². The molecule has 2 atom stereocenters. The molecule has 0 radical (unpaired) electrons. The van der Waals surface area contributed by atoms with Crippen LogP contribution in [-0.4, -0.2) is 69.9 Å². The highest BCUT2D eigenvalue weighted by molar-refractivity contribution is 8.00. The first-order chi connectivity index (χ1) is 17.5. The van der Waals surface area contributed by atoms with Gasteiger partial charge in [0.2, 0.25) is 6.79 Å². The van der Waals surface area contributed by atoms with Gasteiger partial charge in [-0.2, -0.15) is 0 Å². The number of esters is 2. The molecule has 3 N–H and O–H groups in total. The zero-order valence-electron chi connectivity index (χ0n) is 20.3. The molecule has 0 saturated carbocycles. The fourth-order valence-corrected chi connectivity index (χ4v) is 5.04. The lowest BCUT2D eigenvalue weighted by atomic mass is 9.98. The molecule has 2 aliphatic rings. The average Bonchev–Trinajstić information content (AvgIpc) is 3.28. The lowest BCUT2D eigenvalue weighted by Crippen LogP contribution is -2.71. The first-order valence-corrected chi connectivity index (χ1v) is 12.7. The van der Waals surface area contributed by atoms with E-state index in [9.17, 15) is 19.2 Å². The van der Waals surface area contributed by atoms with Gasteiger partial charge >= 0.3 is 11.9 Å². The van der Waals surface area contributed by atoms with E-state index in [0.29, 0.717) is 11.3 Å². The highest BCUT2D eigenvalue weighted by Crippen LogP contribution is 2.41. The van der Waals surface area contributed by atoms with Crippen LogP contribution in [0.1, 0.15) is 26.5 Å². The van der Waals surface area contributed by atoms with Gasteiger partial charge in [0, 0.05) is 11.1 Å². The Morgan fingerprint density at radius 2 is 2.14 bits per heavy atom. The van der Waals surface area contributed by atoms with Crippen LogP contribution in [0.4, 0.5) is 5.13 Å². The van der Waals surface area contributed by atoms with Crippen LogP contribution in [0.5, 0.6) is 0 Å². The summed E-state index contributed by atoms with van der Waals surface area (Å²) in [6.07, 6.45) is 6.60. The van der Waals surface area contributed by atoms with Crippen LogP contribution in [0.25, 0.3) is 0 Å². The number of ether oxygens (including phenoxy) is 2. The number of carbonyl (C=O) groups excluding carboxylic acids is 4. The fourth-order valence-electron chi connectivity index (χ4n) is 3.15. The third-order valence-corrected chi connectivity index (χ3v) is 6.98. The molecule has 3 rings (SSSR count). The lowest BCUT2D eigenvalue weighted by molar-refractivity contribution is -0.173. The number of amides is 2. The molecule has 2 amide bonds. The molecule has 0 aromatic carbocycles. The molecule has 3 heterocycles. The zero-order valence-corrected chi connectivity index (χ0v) is 21.9. The number of rotatable bonds is 9. The summed E-state index contributed by atoms with van der Waals surface area (Å²) in [4.78, 5) is 61.0. The number of carbonyl (C=O) groups is 4. The Kier molecular flexibility index (Phi) is 8.61. The summed E-state index contributed by atoms with van der Waals surface area (Å²) in [5.74, 6) is -0.148. The quantitative estimate of drug-likeness (QED) is 0.0868. The number of nitrogens with two attached hydrogens (primary N) is 1. The van der Waals surface area contributed by atoms with Crippen LogP contribution < -0.4 is 11.1 Å². The number of oxime groups is 1. The van der Waals surface area contributed by atoms with Gasteiger partial charge in [0.05, 0.1) is 5.41 Å². The minimum atomic E-state index is -0.973. The molecule has 2 aliphatic heterocycles. The monoisotopic (exact) mass is 547 g/mol. The molecule has 196 valence electrons. The van der Waals surface area contributed by atoms with E-state index in [1.54, 1.807) is 20.8 Å². The molecule has 1 fully saturated rings. The number of β-lactam (4-membered cyclic amide) rings is 1. The van der Waals surface area contributed by atoms with Gasteiger partial charge in [0.25, 0.3) is 11.8 Å². The van der Waals surface area contributed by atoms with E-state index in [4.69, 9.17) is 26.5 Å². The summed E-state index contributed by atoms with van der Waals surface area (Å²) in [5.41, 5.74) is 5.27. The van der Waals surface area contributed by atoms with Crippen LogP contribution in [-0.2, 0) is 33.5 Å². The van der Waals surface area contributed by atoms with Crippen molar-refractivity contribution < 1.29 is 33.5 Å². The number of anilines is 1. The predicted octanol–water partition coefficient (Wildman–Crippen LogP) is 1.01. The van der Waals surface area contributed by atoms with Crippen LogP contribution in [0.15, 0.2) is 34.5 Å². The van der Waals surface area contributed by atoms with Crippen LogP contribution in [0.3, 0.4) is 0 Å². The molecule has 1 aromatic rings. The van der Waals surface area contributed by atoms with Gasteiger partial charge in [-0.15, -0.1) is 29.5 Å². The van der Waals surface area contributed by atoms with Crippen molar-refractivity contribution in [2.24, 2.45) is 10.6 Å². The number of hydrogen-bond donors (Lipinski definition) is 2. The average molecular weight is 548 g/mol. The number of thiazole rings is 1. The van der Waals surface area contributed by atoms with Crippen molar-refractivity contribution in [2.75, 3.05) is 24.9 Å². The Morgan fingerprint density at radius 1 is 1.41 bits per heavy atom. The number of hydrogen-bond acceptors (Lipinski definition) is 12. The molecule has 37 heavy (non-hydrogen) atoms. The summed E-state index contributed by atoms with van der Waals surface area (Å²) in [6, 6.07) is -0.973. The lowest BCUT2D eigenvalue weighted by Gasteiger charge is -2.49. The van der Waals surface area contributed by atoms with Crippen molar-refractivity contribution in [2.45, 2.75) is 32.2 Å². The SMILES string of the molecule is C#CCON=C(C(=O)NC1C(=O)N2C(C(=O)OCOC(=O)C(C)(C)C)=C(C=C)CS[C@H]12)c1csc(N)n1. The number of allylic oxidation sites excluding steroid dienone is 1. The minimum absolute atomic E-state index is 0.0282. The van der Waals surface area contributed by atoms with E-state index in [0.717, 1.165) is 11.3 Å². The van der Waals surface area contributed by atoms with E-state index in [1.807, 2.05) is 0 Å². The van der Waals surface area contributed by atoms with Crippen LogP contribution in [0.2, 0.25) is 0 Å². The molecule has 0 spiro atoms. The van der Waals surface area contributed by atoms with Gasteiger partial charge in [-0.3, -0.25) is 19.3 Å². The van der Waals surface area contributed by atoms with Crippen molar-refractivity contribution in [1.82, 2.24) is 15.2 Å². The fraction of sp³-hybridized carbons (Fsp3) is 0.391. The molecule has 14 heteroatoms. The maximum absolute atomic E-state index is 13.0. The van der Waals surface area contributed by atoms with E-state index in [1.165, 1.54) is 28.1 Å². The van der Waals surface area contributed by atoms with Gasteiger partial charge in [-0.1, -0.05) is 23.7 Å². The number of fused-ring (bicyclic) bond motifs is 1. The standard InChI is InChI=1S/C23H25N5O7S2/c1-6-8-35-27-14(13-10-37-22(24)25-13)17(29)26-15-18(30)28-16(12(7-2)9-36-19(15)28)20(31)33-11-34-21(32)23(3,4)5/h1,7,10,15,19H,2,8-9,11H2,3-5H3,(H2,24,25)(H,26,29)/t15?,19-/m1/s1. The molecule has 0 bridgehead atoms. The second-order valence-electron chi connectivity index (χ2n) is 8.66. The highest BCUT2D eigenvalue weighted by Gasteiger charge is 2.54. The largest absolute Gasteiger partial charge is 0.427 e. The minimum Gasteiger partial charge on any atom is -0.427 e. The third kappa shape index (κ3) is 6.12. The van der Waals surface area contributed by atoms with Gasteiger partial charge in [0.15, 0.2) is 17.5 Å². The Morgan fingerprint density at radius 3 is 2.73 bits per heavy atom. The van der Waals surface area contributed by atoms with Crippen LogP contribution in [0, 0.1) is 17.8 Å². The summed E-state index contributed by atoms with van der Waals surface area (Å²) >= 11 is 2.42. The first kappa shape index (κ1) is 27.8. The number of aromatic nitrogens is 1. The topological polar surface area (TPSA) is 163 Å². The van der Waals surface area contributed by atoms with Crippen molar-refractivity contribution in [3.63, 3.8) is 0 Å². The van der Waals surface area contributed by atoms with Gasteiger partial charge in [0.1, 0.15) is 22.8 Å². The summed E-state index contributed by atoms with van der Waals surface area (Å²) in [6.45, 7) is 7.88. The summed E-state index contributed by atoms with van der Waals surface area (Å²) < 4.78 is 10.1. The number of nitrogens with one attached hydrogen (secondary N) is 1. The second-order valence-corrected chi connectivity index (χ2v) is 10.7. The maximum Gasteiger partial charge on any atom is 0.358 e. The first-order valence-electron chi connectivity index (χ1n) is 10.8. The number of thioether (sulfide) groups is 1. The Bertz CT molecular complexity index is 1220.